The molecule has 2 aliphatic heterocycles. The van der Waals surface area contributed by atoms with E-state index in [0.717, 1.165) is 0 Å². The van der Waals surface area contributed by atoms with Gasteiger partial charge in [-0.05, 0) is 32.9 Å². The monoisotopic (exact) mass is 392 g/mol. The Bertz CT molecular complexity index is 804. The van der Waals surface area contributed by atoms with E-state index < -0.39 is 35.1 Å². The van der Waals surface area contributed by atoms with Gasteiger partial charge in [-0.3, -0.25) is 9.59 Å². The van der Waals surface area contributed by atoms with Crippen LogP contribution < -0.4 is 0 Å². The number of hydroxylamine groups is 2. The number of rotatable bonds is 2. The maximum atomic E-state index is 15.1. The Kier molecular flexibility index (Phi) is 4.86. The molecule has 0 radical (unpaired) electrons. The minimum atomic E-state index is -2.41. The fourth-order valence-corrected chi connectivity index (χ4v) is 2.99. The van der Waals surface area contributed by atoms with Crippen LogP contribution in [-0.4, -0.2) is 58.2 Å². The van der Waals surface area contributed by atoms with Crippen molar-refractivity contribution < 1.29 is 33.1 Å². The molecule has 1 aromatic rings. The topological polar surface area (TPSA) is 93.2 Å². The van der Waals surface area contributed by atoms with Crippen LogP contribution in [0.5, 0.6) is 0 Å². The van der Waals surface area contributed by atoms with Crippen molar-refractivity contribution in [2.75, 3.05) is 13.1 Å². The third-order valence-corrected chi connectivity index (χ3v) is 4.50. The molecular formula is C19H21FN2O6. The van der Waals surface area contributed by atoms with Gasteiger partial charge in [0.2, 0.25) is 5.67 Å². The summed E-state index contributed by atoms with van der Waals surface area (Å²) < 4.78 is 20.3. The second kappa shape index (κ2) is 6.88. The first-order chi connectivity index (χ1) is 13.0. The summed E-state index contributed by atoms with van der Waals surface area (Å²) >= 11 is 0. The second-order valence-electron chi connectivity index (χ2n) is 7.76. The van der Waals surface area contributed by atoms with E-state index in [9.17, 15) is 19.2 Å². The van der Waals surface area contributed by atoms with E-state index in [1.54, 1.807) is 32.9 Å². The molecule has 0 bridgehead atoms. The highest BCUT2D eigenvalue weighted by Gasteiger charge is 2.48. The van der Waals surface area contributed by atoms with Crippen molar-refractivity contribution >= 4 is 23.9 Å². The maximum Gasteiger partial charge on any atom is 0.410 e. The van der Waals surface area contributed by atoms with E-state index in [0.29, 0.717) is 0 Å². The minimum absolute atomic E-state index is 0.0529. The van der Waals surface area contributed by atoms with E-state index in [4.69, 9.17) is 9.57 Å². The quantitative estimate of drug-likeness (QED) is 0.718. The van der Waals surface area contributed by atoms with E-state index in [2.05, 4.69) is 0 Å². The lowest BCUT2D eigenvalue weighted by Crippen LogP contribution is -2.51. The molecule has 0 spiro atoms. The molecule has 1 aromatic carbocycles. The van der Waals surface area contributed by atoms with Crippen LogP contribution in [0.25, 0.3) is 0 Å². The molecule has 3 rings (SSSR count). The molecule has 2 aliphatic rings. The number of ether oxygens (including phenoxy) is 1. The van der Waals surface area contributed by atoms with Crippen LogP contribution in [-0.2, 0) is 14.4 Å². The fraction of sp³-hybridized carbons (Fsp3) is 0.474. The summed E-state index contributed by atoms with van der Waals surface area (Å²) in [6.45, 7) is 5.04. The predicted molar refractivity (Wildman–Crippen MR) is 93.9 cm³/mol. The number of likely N-dealkylation sites (tertiary alicyclic amines) is 1. The minimum Gasteiger partial charge on any atom is -0.444 e. The third-order valence-electron chi connectivity index (χ3n) is 4.50. The van der Waals surface area contributed by atoms with Crippen molar-refractivity contribution in [3.05, 3.63) is 35.4 Å². The number of imide groups is 1. The molecule has 0 atom stereocenters. The summed E-state index contributed by atoms with van der Waals surface area (Å²) in [6.07, 6.45) is -1.24. The number of halogens is 1. The van der Waals surface area contributed by atoms with Gasteiger partial charge in [-0.2, -0.15) is 0 Å². The Balaban J connectivity index is 1.62. The summed E-state index contributed by atoms with van der Waals surface area (Å²) in [7, 11) is 0. The smallest absolute Gasteiger partial charge is 0.410 e. The van der Waals surface area contributed by atoms with Gasteiger partial charge < -0.3 is 14.5 Å². The second-order valence-corrected chi connectivity index (χ2v) is 7.76. The Morgan fingerprint density at radius 2 is 1.54 bits per heavy atom. The summed E-state index contributed by atoms with van der Waals surface area (Å²) in [5.41, 5.74) is -2.92. The number of benzene rings is 1. The van der Waals surface area contributed by atoms with Crippen molar-refractivity contribution in [2.45, 2.75) is 44.9 Å². The third kappa shape index (κ3) is 3.69. The highest BCUT2D eigenvalue weighted by atomic mass is 19.1. The number of carbonyl (C=O) groups is 4. The van der Waals surface area contributed by atoms with Crippen molar-refractivity contribution in [1.82, 2.24) is 9.96 Å². The number of nitrogens with zero attached hydrogens (tertiary/aromatic N) is 2. The normalized spacial score (nSPS) is 18.7. The molecule has 150 valence electrons. The molecule has 1 saturated heterocycles. The molecular weight excluding hydrogens is 371 g/mol. The summed E-state index contributed by atoms with van der Waals surface area (Å²) in [5.74, 6) is -2.96. The molecule has 0 unspecified atom stereocenters. The van der Waals surface area contributed by atoms with Crippen molar-refractivity contribution in [2.24, 2.45) is 0 Å². The van der Waals surface area contributed by atoms with Crippen molar-refractivity contribution in [3.8, 4) is 0 Å². The van der Waals surface area contributed by atoms with Gasteiger partial charge in [-0.1, -0.05) is 17.2 Å². The number of hydrogen-bond donors (Lipinski definition) is 0. The maximum absolute atomic E-state index is 15.1. The molecule has 0 aliphatic carbocycles. The number of piperidine rings is 1. The largest absolute Gasteiger partial charge is 0.444 e. The fourth-order valence-electron chi connectivity index (χ4n) is 2.99. The molecule has 28 heavy (non-hydrogen) atoms. The van der Waals surface area contributed by atoms with E-state index in [1.165, 1.54) is 17.0 Å². The lowest BCUT2D eigenvalue weighted by Gasteiger charge is -2.35. The van der Waals surface area contributed by atoms with Crippen LogP contribution in [0.1, 0.15) is 54.3 Å². The van der Waals surface area contributed by atoms with Gasteiger partial charge in [-0.15, -0.1) is 0 Å². The van der Waals surface area contributed by atoms with Crippen LogP contribution in [0.15, 0.2) is 24.3 Å². The number of carbonyl (C=O) groups excluding carboxylic acids is 4. The molecule has 9 heteroatoms. The molecule has 8 nitrogen and oxygen atoms in total. The average Bonchev–Trinajstić information content (AvgIpc) is 2.86. The first kappa shape index (κ1) is 19.8. The van der Waals surface area contributed by atoms with Gasteiger partial charge in [0.1, 0.15) is 5.60 Å². The highest BCUT2D eigenvalue weighted by Crippen LogP contribution is 2.31. The summed E-state index contributed by atoms with van der Waals surface area (Å²) in [4.78, 5) is 55.0. The van der Waals surface area contributed by atoms with Gasteiger partial charge >= 0.3 is 12.1 Å². The Labute approximate surface area is 161 Å². The number of alkyl halides is 1. The molecule has 3 amide bonds. The van der Waals surface area contributed by atoms with Gasteiger partial charge in [-0.25, -0.2) is 14.0 Å². The van der Waals surface area contributed by atoms with Crippen molar-refractivity contribution in [1.29, 1.82) is 0 Å². The van der Waals surface area contributed by atoms with Gasteiger partial charge in [0, 0.05) is 25.9 Å². The SMILES string of the molecule is CC(C)(C)OC(=O)N1CCC(F)(C(=O)ON2C(=O)c3ccccc3C2=O)CC1. The van der Waals surface area contributed by atoms with Crippen LogP contribution in [0.3, 0.4) is 0 Å². The molecule has 0 saturated carbocycles. The zero-order valence-corrected chi connectivity index (χ0v) is 15.9. The van der Waals surface area contributed by atoms with E-state index in [1.807, 2.05) is 0 Å². The van der Waals surface area contributed by atoms with E-state index >= 15 is 4.39 Å². The average molecular weight is 392 g/mol. The Morgan fingerprint density at radius 1 is 1.04 bits per heavy atom. The zero-order valence-electron chi connectivity index (χ0n) is 15.9. The summed E-state index contributed by atoms with van der Waals surface area (Å²) in [5, 5.41) is 0.286. The van der Waals surface area contributed by atoms with Gasteiger partial charge in [0.05, 0.1) is 11.1 Å². The standard InChI is InChI=1S/C19H21FN2O6/c1-18(2,3)27-17(26)21-10-8-19(20,9-11-21)16(25)28-22-14(23)12-6-4-5-7-13(12)15(22)24/h4-7H,8-11H2,1-3H3. The molecule has 1 fully saturated rings. The summed E-state index contributed by atoms with van der Waals surface area (Å²) in [6, 6.07) is 5.98. The van der Waals surface area contributed by atoms with Crippen LogP contribution in [0.4, 0.5) is 9.18 Å². The molecule has 0 aromatic heterocycles. The van der Waals surface area contributed by atoms with Crippen LogP contribution in [0.2, 0.25) is 0 Å². The zero-order chi connectivity index (χ0) is 20.7. The van der Waals surface area contributed by atoms with Gasteiger partial charge in [0.15, 0.2) is 0 Å². The van der Waals surface area contributed by atoms with Crippen molar-refractivity contribution in [3.63, 3.8) is 0 Å². The molecule has 2 heterocycles. The number of fused-ring (bicyclic) bond motifs is 1. The van der Waals surface area contributed by atoms with E-state index in [-0.39, 0.29) is 42.1 Å². The first-order valence-electron chi connectivity index (χ1n) is 8.89. The number of hydrogen-bond acceptors (Lipinski definition) is 6. The first-order valence-corrected chi connectivity index (χ1v) is 8.89. The van der Waals surface area contributed by atoms with Crippen LogP contribution >= 0.6 is 0 Å². The molecule has 0 N–H and O–H groups in total. The highest BCUT2D eigenvalue weighted by molar-refractivity contribution is 6.21. The predicted octanol–water partition coefficient (Wildman–Crippen LogP) is 2.48. The van der Waals surface area contributed by atoms with Crippen LogP contribution in [0, 0.1) is 0 Å². The lowest BCUT2D eigenvalue weighted by atomic mass is 9.94. The van der Waals surface area contributed by atoms with Gasteiger partial charge in [0.25, 0.3) is 11.8 Å². The Morgan fingerprint density at radius 3 is 2.00 bits per heavy atom. The Hall–Kier alpha value is -2.97. The number of amides is 3. The lowest BCUT2D eigenvalue weighted by molar-refractivity contribution is -0.186.